The molecule has 0 heterocycles. The number of allylic oxidation sites excluding steroid dienone is 1. The maximum atomic E-state index is 10.5. The molecule has 0 aliphatic rings. The van der Waals surface area contributed by atoms with Crippen LogP contribution in [0.1, 0.15) is 27.2 Å². The van der Waals surface area contributed by atoms with E-state index < -0.39 is 11.9 Å². The quantitative estimate of drug-likeness (QED) is 0.396. The first-order chi connectivity index (χ1) is 5.49. The van der Waals surface area contributed by atoms with Crippen molar-refractivity contribution in [2.75, 3.05) is 0 Å². The van der Waals surface area contributed by atoms with Crippen LogP contribution >= 0.6 is 0 Å². The molecule has 0 aromatic heterocycles. The second-order valence-corrected chi connectivity index (χ2v) is 2.30. The Morgan fingerprint density at radius 1 is 1.33 bits per heavy atom. The highest BCUT2D eigenvalue weighted by molar-refractivity contribution is 5.87. The molecule has 0 fully saturated rings. The molecule has 0 rings (SSSR count). The molecular formula is C8H12O4. The van der Waals surface area contributed by atoms with Gasteiger partial charge in [-0.05, 0) is 6.92 Å². The van der Waals surface area contributed by atoms with Crippen molar-refractivity contribution in [3.05, 3.63) is 11.3 Å². The Kier molecular flexibility index (Phi) is 4.04. The zero-order chi connectivity index (χ0) is 9.72. The Bertz CT molecular complexity index is 227. The number of hydrogen-bond donors (Lipinski definition) is 1. The normalized spacial score (nSPS) is 11.9. The van der Waals surface area contributed by atoms with Crippen molar-refractivity contribution in [2.45, 2.75) is 27.2 Å². The Labute approximate surface area is 70.8 Å². The number of carboxylic acid groups (broad SMARTS) is 1. The fourth-order valence-corrected chi connectivity index (χ4v) is 0.707. The minimum Gasteiger partial charge on any atom is -0.478 e. The van der Waals surface area contributed by atoms with Crippen LogP contribution in [0.15, 0.2) is 11.3 Å². The standard InChI is InChI=1S/C8H12O4/c1-4-7(12-6(3)9)5(2)8(10)11/h4H2,1-3H3,(H,10,11). The molecule has 12 heavy (non-hydrogen) atoms. The van der Waals surface area contributed by atoms with Gasteiger partial charge in [-0.15, -0.1) is 0 Å². The molecule has 0 atom stereocenters. The van der Waals surface area contributed by atoms with Crippen LogP contribution in [0, 0.1) is 0 Å². The summed E-state index contributed by atoms with van der Waals surface area (Å²) < 4.78 is 4.68. The third-order valence-electron chi connectivity index (χ3n) is 1.33. The predicted molar refractivity (Wildman–Crippen MR) is 42.4 cm³/mol. The molecule has 0 amide bonds. The van der Waals surface area contributed by atoms with Crippen LogP contribution < -0.4 is 0 Å². The first-order valence-electron chi connectivity index (χ1n) is 3.60. The first-order valence-corrected chi connectivity index (χ1v) is 3.60. The lowest BCUT2D eigenvalue weighted by atomic mass is 10.2. The fraction of sp³-hybridized carbons (Fsp3) is 0.500. The van der Waals surface area contributed by atoms with E-state index in [0.29, 0.717) is 6.42 Å². The monoisotopic (exact) mass is 172 g/mol. The third kappa shape index (κ3) is 3.18. The maximum Gasteiger partial charge on any atom is 0.334 e. The minimum atomic E-state index is -1.06. The number of ether oxygens (including phenoxy) is 1. The van der Waals surface area contributed by atoms with E-state index in [0.717, 1.165) is 0 Å². The number of hydrogen-bond acceptors (Lipinski definition) is 3. The van der Waals surface area contributed by atoms with Gasteiger partial charge in [-0.3, -0.25) is 4.79 Å². The van der Waals surface area contributed by atoms with Crippen molar-refractivity contribution in [1.82, 2.24) is 0 Å². The van der Waals surface area contributed by atoms with E-state index in [1.165, 1.54) is 13.8 Å². The van der Waals surface area contributed by atoms with Crippen LogP contribution in [0.5, 0.6) is 0 Å². The smallest absolute Gasteiger partial charge is 0.334 e. The Morgan fingerprint density at radius 3 is 2.08 bits per heavy atom. The van der Waals surface area contributed by atoms with E-state index in [-0.39, 0.29) is 11.3 Å². The Hall–Kier alpha value is -1.32. The number of rotatable bonds is 3. The average Bonchev–Trinajstić information content (AvgIpc) is 1.98. The number of aliphatic carboxylic acids is 1. The molecule has 0 saturated heterocycles. The topological polar surface area (TPSA) is 63.6 Å². The van der Waals surface area contributed by atoms with Gasteiger partial charge in [0.05, 0.1) is 5.57 Å². The van der Waals surface area contributed by atoms with Gasteiger partial charge in [0.15, 0.2) is 0 Å². The summed E-state index contributed by atoms with van der Waals surface area (Å²) in [6.45, 7) is 4.37. The molecule has 0 aromatic carbocycles. The van der Waals surface area contributed by atoms with Crippen LogP contribution in [0.25, 0.3) is 0 Å². The van der Waals surface area contributed by atoms with Crippen LogP contribution in [-0.4, -0.2) is 17.0 Å². The summed E-state index contributed by atoms with van der Waals surface area (Å²) in [5, 5.41) is 8.55. The molecule has 0 aliphatic carbocycles. The zero-order valence-corrected chi connectivity index (χ0v) is 7.38. The highest BCUT2D eigenvalue weighted by atomic mass is 16.5. The van der Waals surface area contributed by atoms with Gasteiger partial charge in [0.1, 0.15) is 5.76 Å². The van der Waals surface area contributed by atoms with Gasteiger partial charge >= 0.3 is 11.9 Å². The van der Waals surface area contributed by atoms with Gasteiger partial charge in [0, 0.05) is 13.3 Å². The van der Waals surface area contributed by atoms with Gasteiger partial charge in [-0.2, -0.15) is 0 Å². The van der Waals surface area contributed by atoms with Crippen molar-refractivity contribution in [2.24, 2.45) is 0 Å². The van der Waals surface area contributed by atoms with Gasteiger partial charge in [-0.1, -0.05) is 6.92 Å². The van der Waals surface area contributed by atoms with Crippen LogP contribution in [0.2, 0.25) is 0 Å². The highest BCUT2D eigenvalue weighted by Crippen LogP contribution is 2.10. The molecule has 0 spiro atoms. The Morgan fingerprint density at radius 2 is 1.83 bits per heavy atom. The SMILES string of the molecule is CCC(OC(C)=O)=C(C)C(=O)O. The summed E-state index contributed by atoms with van der Waals surface area (Å²) in [5.41, 5.74) is 0.0766. The van der Waals surface area contributed by atoms with Crippen molar-refractivity contribution >= 4 is 11.9 Å². The van der Waals surface area contributed by atoms with Gasteiger partial charge in [0.2, 0.25) is 0 Å². The van der Waals surface area contributed by atoms with Crippen molar-refractivity contribution < 1.29 is 19.4 Å². The molecule has 0 radical (unpaired) electrons. The van der Waals surface area contributed by atoms with Crippen LogP contribution in [-0.2, 0) is 14.3 Å². The molecule has 0 aromatic rings. The lowest BCUT2D eigenvalue weighted by Gasteiger charge is -2.05. The molecule has 0 aliphatic heterocycles. The maximum absolute atomic E-state index is 10.5. The Balaban J connectivity index is 4.61. The highest BCUT2D eigenvalue weighted by Gasteiger charge is 2.10. The van der Waals surface area contributed by atoms with Gasteiger partial charge < -0.3 is 9.84 Å². The largest absolute Gasteiger partial charge is 0.478 e. The van der Waals surface area contributed by atoms with E-state index in [1.54, 1.807) is 6.92 Å². The summed E-state index contributed by atoms with van der Waals surface area (Å²) >= 11 is 0. The lowest BCUT2D eigenvalue weighted by molar-refractivity contribution is -0.137. The fourth-order valence-electron chi connectivity index (χ4n) is 0.707. The molecule has 68 valence electrons. The molecule has 4 heteroatoms. The van der Waals surface area contributed by atoms with E-state index in [1.807, 2.05) is 0 Å². The van der Waals surface area contributed by atoms with Crippen molar-refractivity contribution in [1.29, 1.82) is 0 Å². The average molecular weight is 172 g/mol. The molecular weight excluding hydrogens is 160 g/mol. The summed E-state index contributed by atoms with van der Waals surface area (Å²) in [7, 11) is 0. The zero-order valence-electron chi connectivity index (χ0n) is 7.38. The third-order valence-corrected chi connectivity index (χ3v) is 1.33. The first kappa shape index (κ1) is 10.7. The van der Waals surface area contributed by atoms with E-state index in [4.69, 9.17) is 5.11 Å². The number of carbonyl (C=O) groups excluding carboxylic acids is 1. The molecule has 1 N–H and O–H groups in total. The van der Waals surface area contributed by atoms with Crippen LogP contribution in [0.4, 0.5) is 0 Å². The summed E-state index contributed by atoms with van der Waals surface area (Å²) in [6, 6.07) is 0. The van der Waals surface area contributed by atoms with Gasteiger partial charge in [-0.25, -0.2) is 4.79 Å². The molecule has 0 saturated carbocycles. The van der Waals surface area contributed by atoms with Gasteiger partial charge in [0.25, 0.3) is 0 Å². The summed E-state index contributed by atoms with van der Waals surface area (Å²) in [4.78, 5) is 20.9. The van der Waals surface area contributed by atoms with Crippen molar-refractivity contribution in [3.63, 3.8) is 0 Å². The summed E-state index contributed by atoms with van der Waals surface area (Å²) in [6.07, 6.45) is 0.401. The number of carboxylic acids is 1. The minimum absolute atomic E-state index is 0.0766. The van der Waals surface area contributed by atoms with E-state index in [2.05, 4.69) is 4.74 Å². The molecule has 0 unspecified atom stereocenters. The number of esters is 1. The molecule has 4 nitrogen and oxygen atoms in total. The number of carbonyl (C=O) groups is 2. The molecule has 0 bridgehead atoms. The van der Waals surface area contributed by atoms with Crippen molar-refractivity contribution in [3.8, 4) is 0 Å². The lowest BCUT2D eigenvalue weighted by Crippen LogP contribution is -2.06. The van der Waals surface area contributed by atoms with E-state index >= 15 is 0 Å². The summed E-state index contributed by atoms with van der Waals surface area (Å²) in [5.74, 6) is -1.34. The van der Waals surface area contributed by atoms with Crippen LogP contribution in [0.3, 0.4) is 0 Å². The van der Waals surface area contributed by atoms with E-state index in [9.17, 15) is 9.59 Å². The second-order valence-electron chi connectivity index (χ2n) is 2.30. The predicted octanol–water partition coefficient (Wildman–Crippen LogP) is 1.32. The second kappa shape index (κ2) is 4.54.